The highest BCUT2D eigenvalue weighted by molar-refractivity contribution is 6.61. The molecule has 2 aliphatic carbocycles. The van der Waals surface area contributed by atoms with Crippen molar-refractivity contribution in [2.75, 3.05) is 11.5 Å². The molecule has 3 heterocycles. The van der Waals surface area contributed by atoms with Crippen LogP contribution in [0.4, 0.5) is 10.2 Å². The first-order valence-electron chi connectivity index (χ1n) is 10.5. The van der Waals surface area contributed by atoms with Crippen molar-refractivity contribution in [3.8, 4) is 5.75 Å². The minimum absolute atomic E-state index is 0.252. The molecule has 3 aromatic rings. The molecule has 1 aliphatic heterocycles. The molecule has 3 aliphatic rings. The summed E-state index contributed by atoms with van der Waals surface area (Å²) in [6.07, 6.45) is 5.95. The van der Waals surface area contributed by atoms with Gasteiger partial charge >= 0.3 is 0 Å². The van der Waals surface area contributed by atoms with Gasteiger partial charge in [0, 0.05) is 11.8 Å². The number of nitrogens with zero attached hydrogens (tertiary/aromatic N) is 4. The predicted molar refractivity (Wildman–Crippen MR) is 118 cm³/mol. The Labute approximate surface area is 187 Å². The standard InChI is InChI=1S/C21H17B3FN5O2/c22-21(23,24)30-16-3-8-29-17(27-16)13(10-26-29)18(31)28-19(4-5-19)11-32-15-2-1-12(25)9-14(15)20(30)6-7-20/h1-3,8-10H,4-7,11H2,(H,28,31). The van der Waals surface area contributed by atoms with E-state index in [1.54, 1.807) is 23.2 Å². The number of halogens is 1. The fourth-order valence-corrected chi connectivity index (χ4v) is 4.64. The maximum Gasteiger partial charge on any atom is 0.257 e. The van der Waals surface area contributed by atoms with Crippen molar-refractivity contribution < 1.29 is 13.9 Å². The first kappa shape index (κ1) is 19.7. The smallest absolute Gasteiger partial charge is 0.257 e. The van der Waals surface area contributed by atoms with Gasteiger partial charge in [-0.2, -0.15) is 5.10 Å². The van der Waals surface area contributed by atoms with Gasteiger partial charge in [0.05, 0.1) is 40.8 Å². The molecule has 0 saturated heterocycles. The van der Waals surface area contributed by atoms with Gasteiger partial charge in [-0.25, -0.2) is 13.9 Å². The van der Waals surface area contributed by atoms with Crippen molar-refractivity contribution in [1.29, 1.82) is 0 Å². The first-order chi connectivity index (χ1) is 15.2. The Morgan fingerprint density at radius 3 is 2.62 bits per heavy atom. The first-order valence-corrected chi connectivity index (χ1v) is 10.5. The number of ether oxygens (including phenoxy) is 1. The number of carbonyl (C=O) groups excluding carboxylic acids is 1. The molecule has 6 radical (unpaired) electrons. The molecule has 0 atom stereocenters. The zero-order valence-corrected chi connectivity index (χ0v) is 17.2. The van der Waals surface area contributed by atoms with Crippen LogP contribution < -0.4 is 15.0 Å². The van der Waals surface area contributed by atoms with E-state index in [-0.39, 0.29) is 12.5 Å². The minimum atomic E-state index is -1.81. The van der Waals surface area contributed by atoms with Gasteiger partial charge in [-0.15, -0.1) is 0 Å². The van der Waals surface area contributed by atoms with Gasteiger partial charge < -0.3 is 15.0 Å². The van der Waals surface area contributed by atoms with E-state index in [1.165, 1.54) is 22.8 Å². The minimum Gasteiger partial charge on any atom is -0.491 e. The van der Waals surface area contributed by atoms with E-state index in [9.17, 15) is 9.18 Å². The molecule has 1 N–H and O–H groups in total. The van der Waals surface area contributed by atoms with E-state index >= 15 is 0 Å². The summed E-state index contributed by atoms with van der Waals surface area (Å²) in [4.78, 5) is 19.3. The number of nitrogens with one attached hydrogen (secondary N) is 1. The monoisotopic (exact) mass is 423 g/mol. The van der Waals surface area contributed by atoms with Crippen LogP contribution in [0.25, 0.3) is 5.65 Å². The number of benzene rings is 1. The van der Waals surface area contributed by atoms with Gasteiger partial charge in [0.25, 0.3) is 5.91 Å². The lowest BCUT2D eigenvalue weighted by molar-refractivity contribution is 0.0914. The Kier molecular flexibility index (Phi) is 3.88. The molecule has 2 saturated carbocycles. The zero-order valence-electron chi connectivity index (χ0n) is 17.2. The lowest BCUT2D eigenvalue weighted by Crippen LogP contribution is -2.56. The summed E-state index contributed by atoms with van der Waals surface area (Å²) in [6.45, 7) is 0.252. The second kappa shape index (κ2) is 6.30. The fraction of sp³-hybridized carbons (Fsp3) is 0.381. The highest BCUT2D eigenvalue weighted by Crippen LogP contribution is 2.56. The summed E-state index contributed by atoms with van der Waals surface area (Å²) in [7, 11) is 18.7. The van der Waals surface area contributed by atoms with E-state index in [0.29, 0.717) is 41.2 Å². The van der Waals surface area contributed by atoms with Gasteiger partial charge in [-0.05, 0) is 49.9 Å². The Bertz CT molecular complexity index is 1270. The molecule has 2 bridgehead atoms. The Morgan fingerprint density at radius 2 is 1.94 bits per heavy atom. The van der Waals surface area contributed by atoms with E-state index in [0.717, 1.165) is 12.8 Å². The molecule has 32 heavy (non-hydrogen) atoms. The van der Waals surface area contributed by atoms with Crippen LogP contribution in [0.3, 0.4) is 0 Å². The molecular formula is C21H17B3FN5O2. The van der Waals surface area contributed by atoms with Crippen LogP contribution in [-0.2, 0) is 5.54 Å². The fourth-order valence-electron chi connectivity index (χ4n) is 4.64. The molecule has 1 amide bonds. The normalized spacial score (nSPS) is 20.8. The number of carbonyl (C=O) groups is 1. The second-order valence-corrected chi connectivity index (χ2v) is 9.03. The van der Waals surface area contributed by atoms with Crippen LogP contribution in [0, 0.1) is 5.82 Å². The third-order valence-corrected chi connectivity index (χ3v) is 6.55. The van der Waals surface area contributed by atoms with Crippen LogP contribution in [0.1, 0.15) is 41.6 Å². The van der Waals surface area contributed by atoms with Crippen LogP contribution in [0.15, 0.2) is 36.7 Å². The van der Waals surface area contributed by atoms with E-state index in [4.69, 9.17) is 28.3 Å². The number of aromatic nitrogens is 3. The van der Waals surface area contributed by atoms with E-state index in [1.807, 2.05) is 0 Å². The Morgan fingerprint density at radius 1 is 1.16 bits per heavy atom. The number of rotatable bonds is 1. The number of hydrogen-bond donors (Lipinski definition) is 1. The molecule has 154 valence electrons. The summed E-state index contributed by atoms with van der Waals surface area (Å²) in [6, 6.07) is 6.04. The Hall–Kier alpha value is -2.97. The molecule has 0 unspecified atom stereocenters. The highest BCUT2D eigenvalue weighted by atomic mass is 19.1. The summed E-state index contributed by atoms with van der Waals surface area (Å²) < 4.78 is 22.1. The van der Waals surface area contributed by atoms with Crippen molar-refractivity contribution in [2.24, 2.45) is 0 Å². The summed E-state index contributed by atoms with van der Waals surface area (Å²) in [5.41, 5.74) is -0.0233. The van der Waals surface area contributed by atoms with Crippen LogP contribution >= 0.6 is 0 Å². The van der Waals surface area contributed by atoms with Crippen molar-refractivity contribution in [2.45, 2.75) is 42.0 Å². The Balaban J connectivity index is 1.61. The van der Waals surface area contributed by atoms with Crippen molar-refractivity contribution in [3.63, 3.8) is 0 Å². The molecule has 2 spiro atoms. The predicted octanol–water partition coefficient (Wildman–Crippen LogP) is 1.14. The number of fused-ring (bicyclic) bond motifs is 3. The number of amides is 1. The molecule has 2 aromatic heterocycles. The SMILES string of the molecule is [B]C([B])([B])N1c2ccn3ncc(c3n2)C(=O)NC2(CC2)COc2ccc(F)cc2C12CC2. The second-order valence-electron chi connectivity index (χ2n) is 9.03. The van der Waals surface area contributed by atoms with Crippen LogP contribution in [0.5, 0.6) is 5.75 Å². The number of hydrogen-bond acceptors (Lipinski definition) is 5. The quantitative estimate of drug-likeness (QED) is 0.595. The molecule has 2 fully saturated rings. The van der Waals surface area contributed by atoms with Gasteiger partial charge in [0.1, 0.15) is 29.6 Å². The van der Waals surface area contributed by atoms with Crippen LogP contribution in [-0.4, -0.2) is 61.4 Å². The number of anilines is 1. The lowest BCUT2D eigenvalue weighted by atomic mass is 9.47. The molecule has 6 rings (SSSR count). The highest BCUT2D eigenvalue weighted by Gasteiger charge is 2.55. The molecule has 11 heteroatoms. The topological polar surface area (TPSA) is 71.8 Å². The average Bonchev–Trinajstić information content (AvgIpc) is 3.64. The van der Waals surface area contributed by atoms with E-state index in [2.05, 4.69) is 15.4 Å². The van der Waals surface area contributed by atoms with Gasteiger partial charge in [-0.1, -0.05) is 5.24 Å². The van der Waals surface area contributed by atoms with Crippen LogP contribution in [0.2, 0.25) is 0 Å². The maximum atomic E-state index is 14.4. The van der Waals surface area contributed by atoms with Crippen molar-refractivity contribution >= 4 is 40.9 Å². The summed E-state index contributed by atoms with van der Waals surface area (Å²) in [5.74, 6) is 0.154. The largest absolute Gasteiger partial charge is 0.491 e. The third kappa shape index (κ3) is 2.93. The molecular weight excluding hydrogens is 406 g/mol. The maximum absolute atomic E-state index is 14.4. The summed E-state index contributed by atoms with van der Waals surface area (Å²) in [5, 5.41) is 5.49. The van der Waals surface area contributed by atoms with Gasteiger partial charge in [0.2, 0.25) is 0 Å². The average molecular weight is 423 g/mol. The van der Waals surface area contributed by atoms with E-state index < -0.39 is 22.1 Å². The van der Waals surface area contributed by atoms with Gasteiger partial charge in [-0.3, -0.25) is 4.79 Å². The van der Waals surface area contributed by atoms with Gasteiger partial charge in [0.15, 0.2) is 5.65 Å². The summed E-state index contributed by atoms with van der Waals surface area (Å²) >= 11 is 0. The third-order valence-electron chi connectivity index (χ3n) is 6.55. The molecule has 1 aromatic carbocycles. The lowest BCUT2D eigenvalue weighted by Gasteiger charge is -2.45. The van der Waals surface area contributed by atoms with Crippen molar-refractivity contribution in [3.05, 3.63) is 53.6 Å². The zero-order chi connectivity index (χ0) is 22.3. The van der Waals surface area contributed by atoms with Crippen molar-refractivity contribution in [1.82, 2.24) is 19.9 Å². The molecule has 7 nitrogen and oxygen atoms in total.